The summed E-state index contributed by atoms with van der Waals surface area (Å²) in [5.74, 6) is -1.12. The number of rotatable bonds is 6. The van der Waals surface area contributed by atoms with E-state index in [2.05, 4.69) is 10.6 Å². The van der Waals surface area contributed by atoms with E-state index in [-0.39, 0.29) is 11.9 Å². The maximum atomic E-state index is 11.7. The van der Waals surface area contributed by atoms with Crippen molar-refractivity contribution < 1.29 is 14.7 Å². The molecule has 5 nitrogen and oxygen atoms in total. The van der Waals surface area contributed by atoms with Gasteiger partial charge in [0.25, 0.3) is 0 Å². The van der Waals surface area contributed by atoms with Crippen LogP contribution in [0.5, 0.6) is 0 Å². The predicted molar refractivity (Wildman–Crippen MR) is 60.1 cm³/mol. The van der Waals surface area contributed by atoms with Crippen molar-refractivity contribution in [2.24, 2.45) is 0 Å². The minimum Gasteiger partial charge on any atom is -0.480 e. The lowest BCUT2D eigenvalue weighted by atomic mass is 10.1. The number of carbonyl (C=O) groups is 2. The summed E-state index contributed by atoms with van der Waals surface area (Å²) >= 11 is 0. The second-order valence-corrected chi connectivity index (χ2v) is 4.19. The summed E-state index contributed by atoms with van der Waals surface area (Å²) in [6.07, 6.45) is 4.03. The molecule has 1 heterocycles. The monoisotopic (exact) mass is 228 g/mol. The predicted octanol–water partition coefficient (Wildman–Crippen LogP) is 0.498. The van der Waals surface area contributed by atoms with E-state index in [1.807, 2.05) is 6.92 Å². The molecule has 1 unspecified atom stereocenters. The third-order valence-electron chi connectivity index (χ3n) is 2.84. The Kier molecular flexibility index (Phi) is 5.25. The first kappa shape index (κ1) is 13.0. The first-order valence-electron chi connectivity index (χ1n) is 5.91. The van der Waals surface area contributed by atoms with Crippen LogP contribution in [0, 0.1) is 0 Å². The second-order valence-electron chi connectivity index (χ2n) is 4.19. The number of hydrogen-bond donors (Lipinski definition) is 3. The molecule has 1 aliphatic rings. The zero-order valence-electron chi connectivity index (χ0n) is 9.66. The molecule has 1 aliphatic heterocycles. The lowest BCUT2D eigenvalue weighted by Crippen LogP contribution is -2.48. The van der Waals surface area contributed by atoms with Gasteiger partial charge in [-0.15, -0.1) is 0 Å². The molecule has 0 saturated carbocycles. The van der Waals surface area contributed by atoms with Crippen LogP contribution in [-0.4, -0.2) is 35.6 Å². The van der Waals surface area contributed by atoms with Crippen LogP contribution in [0.4, 0.5) is 0 Å². The van der Waals surface area contributed by atoms with Gasteiger partial charge < -0.3 is 15.7 Å². The fraction of sp³-hybridized carbons (Fsp3) is 0.818. The molecular formula is C11H20N2O3. The van der Waals surface area contributed by atoms with Gasteiger partial charge in [-0.3, -0.25) is 4.79 Å². The molecule has 92 valence electrons. The minimum absolute atomic E-state index is 0.180. The molecule has 16 heavy (non-hydrogen) atoms. The quantitative estimate of drug-likeness (QED) is 0.618. The number of carboxylic acids is 1. The Bertz CT molecular complexity index is 250. The molecule has 2 atom stereocenters. The molecule has 1 saturated heterocycles. The smallest absolute Gasteiger partial charge is 0.326 e. The molecular weight excluding hydrogens is 208 g/mol. The summed E-state index contributed by atoms with van der Waals surface area (Å²) in [5, 5.41) is 14.6. The van der Waals surface area contributed by atoms with Crippen LogP contribution < -0.4 is 10.6 Å². The largest absolute Gasteiger partial charge is 0.480 e. The molecule has 1 rings (SSSR count). The normalized spacial score (nSPS) is 21.7. The average Bonchev–Trinajstić information content (AvgIpc) is 2.76. The van der Waals surface area contributed by atoms with Gasteiger partial charge in [-0.25, -0.2) is 4.79 Å². The maximum Gasteiger partial charge on any atom is 0.326 e. The lowest BCUT2D eigenvalue weighted by molar-refractivity contribution is -0.142. The van der Waals surface area contributed by atoms with E-state index in [0.29, 0.717) is 6.42 Å². The Morgan fingerprint density at radius 1 is 1.56 bits per heavy atom. The van der Waals surface area contributed by atoms with Crippen molar-refractivity contribution in [3.05, 3.63) is 0 Å². The number of aliphatic carboxylic acids is 1. The fourth-order valence-corrected chi connectivity index (χ4v) is 1.85. The maximum absolute atomic E-state index is 11.7. The molecule has 0 aromatic carbocycles. The van der Waals surface area contributed by atoms with Gasteiger partial charge in [-0.05, 0) is 25.8 Å². The number of amides is 1. The zero-order chi connectivity index (χ0) is 12.0. The van der Waals surface area contributed by atoms with E-state index in [1.54, 1.807) is 0 Å². The van der Waals surface area contributed by atoms with Crippen LogP contribution in [0.15, 0.2) is 0 Å². The highest BCUT2D eigenvalue weighted by Crippen LogP contribution is 2.07. The molecule has 3 N–H and O–H groups in total. The van der Waals surface area contributed by atoms with Crippen molar-refractivity contribution in [1.29, 1.82) is 0 Å². The first-order chi connectivity index (χ1) is 7.65. The van der Waals surface area contributed by atoms with Crippen LogP contribution in [0.1, 0.15) is 39.0 Å². The van der Waals surface area contributed by atoms with Crippen molar-refractivity contribution in [2.45, 2.75) is 51.1 Å². The summed E-state index contributed by atoms with van der Waals surface area (Å²) in [6, 6.07) is -0.946. The zero-order valence-corrected chi connectivity index (χ0v) is 9.66. The van der Waals surface area contributed by atoms with E-state index in [9.17, 15) is 9.59 Å². The topological polar surface area (TPSA) is 78.4 Å². The number of carbonyl (C=O) groups excluding carboxylic acids is 1. The van der Waals surface area contributed by atoms with Crippen molar-refractivity contribution in [3.8, 4) is 0 Å². The Labute approximate surface area is 95.6 Å². The number of hydrogen-bond acceptors (Lipinski definition) is 3. The third kappa shape index (κ3) is 3.81. The van der Waals surface area contributed by atoms with E-state index in [4.69, 9.17) is 5.11 Å². The molecule has 0 bridgehead atoms. The Morgan fingerprint density at radius 2 is 2.31 bits per heavy atom. The van der Waals surface area contributed by atoms with Crippen LogP contribution in [-0.2, 0) is 9.59 Å². The highest BCUT2D eigenvalue weighted by molar-refractivity contribution is 5.87. The summed E-state index contributed by atoms with van der Waals surface area (Å²) < 4.78 is 0. The lowest BCUT2D eigenvalue weighted by Gasteiger charge is -2.17. The number of unbranched alkanes of at least 4 members (excludes halogenated alkanes) is 1. The summed E-state index contributed by atoms with van der Waals surface area (Å²) in [4.78, 5) is 22.6. The summed E-state index contributed by atoms with van der Waals surface area (Å²) in [6.45, 7) is 2.84. The Hall–Kier alpha value is -1.10. The van der Waals surface area contributed by atoms with Gasteiger partial charge in [-0.2, -0.15) is 0 Å². The molecule has 5 heteroatoms. The van der Waals surface area contributed by atoms with Crippen LogP contribution in [0.2, 0.25) is 0 Å². The second kappa shape index (κ2) is 6.48. The van der Waals surface area contributed by atoms with E-state index in [0.717, 1.165) is 32.2 Å². The highest BCUT2D eigenvalue weighted by Gasteiger charge is 2.26. The van der Waals surface area contributed by atoms with Crippen molar-refractivity contribution >= 4 is 11.9 Å². The molecule has 0 aromatic heterocycles. The van der Waals surface area contributed by atoms with Gasteiger partial charge in [0.05, 0.1) is 6.04 Å². The van der Waals surface area contributed by atoms with Gasteiger partial charge in [0, 0.05) is 0 Å². The molecule has 0 aliphatic carbocycles. The molecule has 0 spiro atoms. The fourth-order valence-electron chi connectivity index (χ4n) is 1.85. The van der Waals surface area contributed by atoms with Crippen LogP contribution in [0.3, 0.4) is 0 Å². The van der Waals surface area contributed by atoms with Crippen LogP contribution in [0.25, 0.3) is 0 Å². The summed E-state index contributed by atoms with van der Waals surface area (Å²) in [5.41, 5.74) is 0. The van der Waals surface area contributed by atoms with E-state index >= 15 is 0 Å². The minimum atomic E-state index is -0.945. The Balaban J connectivity index is 2.40. The number of carboxylic acid groups (broad SMARTS) is 1. The SMILES string of the molecule is CCCCC(NC(=O)[C@H]1CCCN1)C(=O)O. The molecule has 1 amide bonds. The standard InChI is InChI=1S/C11H20N2O3/c1-2-3-5-9(11(15)16)13-10(14)8-6-4-7-12-8/h8-9,12H,2-7H2,1H3,(H,13,14)(H,15,16)/t8-,9?/m1/s1. The first-order valence-corrected chi connectivity index (χ1v) is 5.91. The molecule has 0 radical (unpaired) electrons. The molecule has 1 fully saturated rings. The van der Waals surface area contributed by atoms with Gasteiger partial charge in [0.15, 0.2) is 0 Å². The van der Waals surface area contributed by atoms with Crippen molar-refractivity contribution in [3.63, 3.8) is 0 Å². The van der Waals surface area contributed by atoms with E-state index < -0.39 is 12.0 Å². The average molecular weight is 228 g/mol. The summed E-state index contributed by atoms with van der Waals surface area (Å²) in [7, 11) is 0. The van der Waals surface area contributed by atoms with Crippen LogP contribution >= 0.6 is 0 Å². The Morgan fingerprint density at radius 3 is 2.81 bits per heavy atom. The van der Waals surface area contributed by atoms with Crippen molar-refractivity contribution in [2.75, 3.05) is 6.54 Å². The molecule has 0 aromatic rings. The number of nitrogens with one attached hydrogen (secondary N) is 2. The van der Waals surface area contributed by atoms with E-state index in [1.165, 1.54) is 0 Å². The van der Waals surface area contributed by atoms with Gasteiger partial charge in [0.2, 0.25) is 5.91 Å². The van der Waals surface area contributed by atoms with Gasteiger partial charge >= 0.3 is 5.97 Å². The van der Waals surface area contributed by atoms with Gasteiger partial charge in [-0.1, -0.05) is 19.8 Å². The van der Waals surface area contributed by atoms with Gasteiger partial charge in [0.1, 0.15) is 6.04 Å². The third-order valence-corrected chi connectivity index (χ3v) is 2.84. The highest BCUT2D eigenvalue weighted by atomic mass is 16.4. The van der Waals surface area contributed by atoms with Crippen molar-refractivity contribution in [1.82, 2.24) is 10.6 Å².